The summed E-state index contributed by atoms with van der Waals surface area (Å²) in [6, 6.07) is 13.7. The molecule has 1 aliphatic rings. The summed E-state index contributed by atoms with van der Waals surface area (Å²) in [7, 11) is 0. The topological polar surface area (TPSA) is 20.2 Å². The van der Waals surface area contributed by atoms with E-state index in [0.717, 1.165) is 16.5 Å². The lowest BCUT2D eigenvalue weighted by Crippen LogP contribution is -1.85. The zero-order chi connectivity index (χ0) is 12.7. The van der Waals surface area contributed by atoms with Crippen molar-refractivity contribution in [3.05, 3.63) is 63.1 Å². The lowest BCUT2D eigenvalue weighted by molar-refractivity contribution is 0.475. The van der Waals surface area contributed by atoms with E-state index in [1.54, 1.807) is 12.1 Å². The first-order valence-electron chi connectivity index (χ1n) is 5.89. The van der Waals surface area contributed by atoms with Gasteiger partial charge < -0.3 is 5.11 Å². The predicted octanol–water partition coefficient (Wildman–Crippen LogP) is 5.08. The van der Waals surface area contributed by atoms with Crippen LogP contribution in [0.3, 0.4) is 0 Å². The molecule has 1 saturated carbocycles. The number of halogens is 2. The molecule has 0 bridgehead atoms. The molecule has 92 valence electrons. The van der Waals surface area contributed by atoms with E-state index in [4.69, 9.17) is 11.6 Å². The molecule has 2 aromatic rings. The highest BCUT2D eigenvalue weighted by Crippen LogP contribution is 2.56. The fourth-order valence-corrected chi connectivity index (χ4v) is 3.01. The average molecular weight is 324 g/mol. The first kappa shape index (κ1) is 12.1. The van der Waals surface area contributed by atoms with Gasteiger partial charge in [0.05, 0.1) is 0 Å². The van der Waals surface area contributed by atoms with E-state index in [1.165, 1.54) is 5.56 Å². The summed E-state index contributed by atoms with van der Waals surface area (Å²) in [5.74, 6) is 1.27. The number of phenolic OH excluding ortho intramolecular Hbond substituents is 1. The maximum atomic E-state index is 9.36. The molecule has 0 spiro atoms. The summed E-state index contributed by atoms with van der Waals surface area (Å²) >= 11 is 9.62. The summed E-state index contributed by atoms with van der Waals surface area (Å²) in [6.45, 7) is 0. The minimum absolute atomic E-state index is 0.226. The van der Waals surface area contributed by atoms with Gasteiger partial charge in [-0.3, -0.25) is 0 Å². The first-order valence-corrected chi connectivity index (χ1v) is 7.06. The van der Waals surface area contributed by atoms with Gasteiger partial charge in [-0.25, -0.2) is 0 Å². The SMILES string of the molecule is Oc1ccc(C2CC2c2ccc(Br)cc2)c(Cl)c1. The van der Waals surface area contributed by atoms with Crippen LogP contribution in [0.25, 0.3) is 0 Å². The van der Waals surface area contributed by atoms with Gasteiger partial charge in [-0.2, -0.15) is 0 Å². The highest BCUT2D eigenvalue weighted by atomic mass is 79.9. The largest absolute Gasteiger partial charge is 0.508 e. The zero-order valence-corrected chi connectivity index (χ0v) is 11.9. The van der Waals surface area contributed by atoms with Crippen LogP contribution < -0.4 is 0 Å². The van der Waals surface area contributed by atoms with E-state index in [-0.39, 0.29) is 5.75 Å². The first-order chi connectivity index (χ1) is 8.65. The van der Waals surface area contributed by atoms with Crippen molar-refractivity contribution in [1.29, 1.82) is 0 Å². The molecule has 2 unspecified atom stereocenters. The number of rotatable bonds is 2. The van der Waals surface area contributed by atoms with Crippen LogP contribution in [-0.4, -0.2) is 5.11 Å². The van der Waals surface area contributed by atoms with Gasteiger partial charge in [-0.05, 0) is 53.6 Å². The van der Waals surface area contributed by atoms with E-state index in [2.05, 4.69) is 40.2 Å². The lowest BCUT2D eigenvalue weighted by Gasteiger charge is -2.05. The second-order valence-corrected chi connectivity index (χ2v) is 6.03. The van der Waals surface area contributed by atoms with Gasteiger partial charge in [0.1, 0.15) is 5.75 Å². The molecule has 18 heavy (non-hydrogen) atoms. The summed E-state index contributed by atoms with van der Waals surface area (Å²) in [4.78, 5) is 0. The number of hydrogen-bond donors (Lipinski definition) is 1. The third-order valence-electron chi connectivity index (χ3n) is 3.47. The summed E-state index contributed by atoms with van der Waals surface area (Å²) in [5, 5.41) is 10.0. The Labute approximate surface area is 120 Å². The molecular weight excluding hydrogens is 312 g/mol. The van der Waals surface area contributed by atoms with Crippen LogP contribution in [0, 0.1) is 0 Å². The minimum Gasteiger partial charge on any atom is -0.508 e. The van der Waals surface area contributed by atoms with E-state index in [0.29, 0.717) is 16.9 Å². The second kappa shape index (κ2) is 4.60. The average Bonchev–Trinajstić information content (AvgIpc) is 3.10. The molecule has 3 heteroatoms. The van der Waals surface area contributed by atoms with Crippen LogP contribution >= 0.6 is 27.5 Å². The highest BCUT2D eigenvalue weighted by Gasteiger charge is 2.40. The van der Waals surface area contributed by atoms with Crippen LogP contribution in [0.2, 0.25) is 5.02 Å². The van der Waals surface area contributed by atoms with Crippen molar-refractivity contribution in [2.75, 3.05) is 0 Å². The Kier molecular flexibility index (Phi) is 3.08. The van der Waals surface area contributed by atoms with Gasteiger partial charge in [0.25, 0.3) is 0 Å². The van der Waals surface area contributed by atoms with Crippen molar-refractivity contribution in [3.8, 4) is 5.75 Å². The Morgan fingerprint density at radius 2 is 1.78 bits per heavy atom. The quantitative estimate of drug-likeness (QED) is 0.817. The van der Waals surface area contributed by atoms with Crippen molar-refractivity contribution in [2.24, 2.45) is 0 Å². The molecule has 1 aliphatic carbocycles. The Bertz CT molecular complexity index is 580. The van der Waals surface area contributed by atoms with Gasteiger partial charge in [-0.15, -0.1) is 0 Å². The number of phenols is 1. The van der Waals surface area contributed by atoms with Gasteiger partial charge in [0.15, 0.2) is 0 Å². The molecule has 0 heterocycles. The molecule has 1 N–H and O–H groups in total. The molecular formula is C15H12BrClO. The molecule has 0 aromatic heterocycles. The summed E-state index contributed by atoms with van der Waals surface area (Å²) in [6.07, 6.45) is 1.13. The standard InChI is InChI=1S/C15H12BrClO/c16-10-3-1-9(2-4-10)13-8-14(13)12-6-5-11(18)7-15(12)17/h1-7,13-14,18H,8H2. The number of benzene rings is 2. The molecule has 2 atom stereocenters. The normalized spacial score (nSPS) is 21.9. The van der Waals surface area contributed by atoms with Crippen LogP contribution in [0.1, 0.15) is 29.4 Å². The fourth-order valence-electron chi connectivity index (χ4n) is 2.43. The van der Waals surface area contributed by atoms with Gasteiger partial charge >= 0.3 is 0 Å². The second-order valence-electron chi connectivity index (χ2n) is 4.71. The molecule has 0 aliphatic heterocycles. The molecule has 0 radical (unpaired) electrons. The molecule has 1 fully saturated rings. The Balaban J connectivity index is 1.83. The van der Waals surface area contributed by atoms with Crippen molar-refractivity contribution in [2.45, 2.75) is 18.3 Å². The summed E-state index contributed by atoms with van der Waals surface area (Å²) < 4.78 is 1.10. The Morgan fingerprint density at radius 3 is 2.44 bits per heavy atom. The predicted molar refractivity (Wildman–Crippen MR) is 77.4 cm³/mol. The molecule has 0 amide bonds. The van der Waals surface area contributed by atoms with Gasteiger partial charge in [0.2, 0.25) is 0 Å². The lowest BCUT2D eigenvalue weighted by atomic mass is 10.0. The van der Waals surface area contributed by atoms with Crippen molar-refractivity contribution >= 4 is 27.5 Å². The summed E-state index contributed by atoms with van der Waals surface area (Å²) in [5.41, 5.74) is 2.50. The maximum absolute atomic E-state index is 9.36. The fraction of sp³-hybridized carbons (Fsp3) is 0.200. The van der Waals surface area contributed by atoms with E-state index < -0.39 is 0 Å². The van der Waals surface area contributed by atoms with Crippen LogP contribution in [0.5, 0.6) is 5.75 Å². The Hall–Kier alpha value is -0.990. The smallest absolute Gasteiger partial charge is 0.117 e. The molecule has 3 rings (SSSR count). The minimum atomic E-state index is 0.226. The van der Waals surface area contributed by atoms with Crippen LogP contribution in [0.4, 0.5) is 0 Å². The van der Waals surface area contributed by atoms with E-state index in [9.17, 15) is 5.11 Å². The third-order valence-corrected chi connectivity index (χ3v) is 4.33. The zero-order valence-electron chi connectivity index (χ0n) is 9.61. The Morgan fingerprint density at radius 1 is 1.06 bits per heavy atom. The van der Waals surface area contributed by atoms with Crippen molar-refractivity contribution in [1.82, 2.24) is 0 Å². The molecule has 2 aromatic carbocycles. The van der Waals surface area contributed by atoms with Gasteiger partial charge in [0, 0.05) is 9.50 Å². The highest BCUT2D eigenvalue weighted by molar-refractivity contribution is 9.10. The third kappa shape index (κ3) is 2.27. The van der Waals surface area contributed by atoms with E-state index in [1.807, 2.05) is 6.07 Å². The van der Waals surface area contributed by atoms with E-state index >= 15 is 0 Å². The van der Waals surface area contributed by atoms with Crippen LogP contribution in [-0.2, 0) is 0 Å². The van der Waals surface area contributed by atoms with Crippen LogP contribution in [0.15, 0.2) is 46.9 Å². The monoisotopic (exact) mass is 322 g/mol. The molecule has 0 saturated heterocycles. The van der Waals surface area contributed by atoms with Crippen molar-refractivity contribution < 1.29 is 5.11 Å². The maximum Gasteiger partial charge on any atom is 0.117 e. The number of hydrogen-bond acceptors (Lipinski definition) is 1. The van der Waals surface area contributed by atoms with Crippen molar-refractivity contribution in [3.63, 3.8) is 0 Å². The number of aromatic hydroxyl groups is 1. The molecule has 1 nitrogen and oxygen atoms in total. The van der Waals surface area contributed by atoms with Gasteiger partial charge in [-0.1, -0.05) is 45.7 Å².